The smallest absolute Gasteiger partial charge is 0.129 e. The average molecular weight is 294 g/mol. The molecule has 0 aliphatic heterocycles. The standard InChI is InChI=1S/C16H17ClFNO/c1-20-9-8-11-2-4-12(5-3-11)16(19)14-7-6-13(17)10-15(14)18/h2-7,10,16H,8-9,19H2,1H3. The Bertz CT molecular complexity index is 571. The van der Waals surface area contributed by atoms with Gasteiger partial charge in [0.2, 0.25) is 0 Å². The fourth-order valence-corrected chi connectivity index (χ4v) is 2.20. The van der Waals surface area contributed by atoms with Crippen molar-refractivity contribution in [3.63, 3.8) is 0 Å². The van der Waals surface area contributed by atoms with Crippen molar-refractivity contribution in [1.29, 1.82) is 0 Å². The minimum absolute atomic E-state index is 0.369. The van der Waals surface area contributed by atoms with Crippen LogP contribution in [0.15, 0.2) is 42.5 Å². The zero-order chi connectivity index (χ0) is 14.5. The molecule has 2 aromatic rings. The molecule has 2 rings (SSSR count). The Balaban J connectivity index is 2.18. The second-order valence-corrected chi connectivity index (χ2v) is 5.06. The maximum Gasteiger partial charge on any atom is 0.129 e. The summed E-state index contributed by atoms with van der Waals surface area (Å²) in [5.41, 5.74) is 8.59. The number of hydrogen-bond donors (Lipinski definition) is 1. The molecule has 0 saturated carbocycles. The van der Waals surface area contributed by atoms with Crippen LogP contribution in [0.5, 0.6) is 0 Å². The molecule has 0 aliphatic carbocycles. The van der Waals surface area contributed by atoms with Crippen molar-refractivity contribution >= 4 is 11.6 Å². The van der Waals surface area contributed by atoms with E-state index in [-0.39, 0.29) is 5.82 Å². The second-order valence-electron chi connectivity index (χ2n) is 4.63. The molecule has 0 heterocycles. The first-order valence-electron chi connectivity index (χ1n) is 6.40. The summed E-state index contributed by atoms with van der Waals surface area (Å²) in [5.74, 6) is -0.381. The number of rotatable bonds is 5. The zero-order valence-corrected chi connectivity index (χ0v) is 12.0. The van der Waals surface area contributed by atoms with Crippen molar-refractivity contribution in [3.8, 4) is 0 Å². The van der Waals surface area contributed by atoms with Crippen LogP contribution in [0.25, 0.3) is 0 Å². The monoisotopic (exact) mass is 293 g/mol. The molecule has 2 aromatic carbocycles. The van der Waals surface area contributed by atoms with Crippen molar-refractivity contribution in [2.45, 2.75) is 12.5 Å². The molecule has 106 valence electrons. The summed E-state index contributed by atoms with van der Waals surface area (Å²) in [6.45, 7) is 0.678. The van der Waals surface area contributed by atoms with Gasteiger partial charge in [0, 0.05) is 17.7 Å². The first-order valence-corrected chi connectivity index (χ1v) is 6.78. The molecule has 0 amide bonds. The van der Waals surface area contributed by atoms with Crippen molar-refractivity contribution in [1.82, 2.24) is 0 Å². The highest BCUT2D eigenvalue weighted by Crippen LogP contribution is 2.24. The third kappa shape index (κ3) is 3.57. The first-order chi connectivity index (χ1) is 9.61. The molecule has 2 nitrogen and oxygen atoms in total. The first kappa shape index (κ1) is 15.0. The lowest BCUT2D eigenvalue weighted by Crippen LogP contribution is -2.13. The molecule has 0 radical (unpaired) electrons. The molecule has 2 N–H and O–H groups in total. The summed E-state index contributed by atoms with van der Waals surface area (Å²) in [5, 5.41) is 0.369. The SMILES string of the molecule is COCCc1ccc(C(N)c2ccc(Cl)cc2F)cc1. The van der Waals surface area contributed by atoms with Gasteiger partial charge in [0.05, 0.1) is 12.6 Å². The number of hydrogen-bond acceptors (Lipinski definition) is 2. The number of benzene rings is 2. The van der Waals surface area contributed by atoms with E-state index in [1.165, 1.54) is 11.6 Å². The van der Waals surface area contributed by atoms with E-state index >= 15 is 0 Å². The van der Waals surface area contributed by atoms with Crippen LogP contribution in [0.4, 0.5) is 4.39 Å². The summed E-state index contributed by atoms with van der Waals surface area (Å²) in [4.78, 5) is 0. The van der Waals surface area contributed by atoms with Crippen molar-refractivity contribution in [3.05, 3.63) is 70.0 Å². The van der Waals surface area contributed by atoms with Gasteiger partial charge in [0.25, 0.3) is 0 Å². The Hall–Kier alpha value is -1.42. The normalized spacial score (nSPS) is 12.4. The average Bonchev–Trinajstić information content (AvgIpc) is 2.45. The van der Waals surface area contributed by atoms with Crippen LogP contribution in [0, 0.1) is 5.82 Å². The van der Waals surface area contributed by atoms with Gasteiger partial charge in [-0.1, -0.05) is 41.9 Å². The van der Waals surface area contributed by atoms with Crippen LogP contribution in [0.2, 0.25) is 5.02 Å². The molecular weight excluding hydrogens is 277 g/mol. The predicted octanol–water partition coefficient (Wildman–Crippen LogP) is 3.72. The van der Waals surface area contributed by atoms with Crippen molar-refractivity contribution in [2.24, 2.45) is 5.73 Å². The summed E-state index contributed by atoms with van der Waals surface area (Å²) >= 11 is 5.74. The van der Waals surface area contributed by atoms with Gasteiger partial charge in [-0.05, 0) is 29.7 Å². The minimum atomic E-state index is -0.497. The highest BCUT2D eigenvalue weighted by atomic mass is 35.5. The summed E-state index contributed by atoms with van der Waals surface area (Å²) in [6.07, 6.45) is 0.849. The van der Waals surface area contributed by atoms with Gasteiger partial charge < -0.3 is 10.5 Å². The molecule has 4 heteroatoms. The Morgan fingerprint density at radius 2 is 1.90 bits per heavy atom. The van der Waals surface area contributed by atoms with Crippen LogP contribution >= 0.6 is 11.6 Å². The van der Waals surface area contributed by atoms with E-state index < -0.39 is 6.04 Å². The number of halogens is 2. The fourth-order valence-electron chi connectivity index (χ4n) is 2.04. The van der Waals surface area contributed by atoms with Crippen LogP contribution in [0.1, 0.15) is 22.7 Å². The second kappa shape index (κ2) is 6.84. The minimum Gasteiger partial charge on any atom is -0.384 e. The lowest BCUT2D eigenvalue weighted by molar-refractivity contribution is 0.202. The molecule has 1 unspecified atom stereocenters. The predicted molar refractivity (Wildman–Crippen MR) is 79.5 cm³/mol. The lowest BCUT2D eigenvalue weighted by Gasteiger charge is -2.14. The summed E-state index contributed by atoms with van der Waals surface area (Å²) in [6, 6.07) is 11.9. The quantitative estimate of drug-likeness (QED) is 0.912. The topological polar surface area (TPSA) is 35.2 Å². The number of nitrogens with two attached hydrogens (primary N) is 1. The molecular formula is C16H17ClFNO. The van der Waals surface area contributed by atoms with E-state index in [0.29, 0.717) is 17.2 Å². The molecule has 0 bridgehead atoms. The van der Waals surface area contributed by atoms with Crippen LogP contribution < -0.4 is 5.73 Å². The Morgan fingerprint density at radius 3 is 2.50 bits per heavy atom. The van der Waals surface area contributed by atoms with Crippen LogP contribution in [0.3, 0.4) is 0 Å². The van der Waals surface area contributed by atoms with Gasteiger partial charge in [0.1, 0.15) is 5.82 Å². The van der Waals surface area contributed by atoms with Gasteiger partial charge in [0.15, 0.2) is 0 Å². The Morgan fingerprint density at radius 1 is 1.20 bits per heavy atom. The lowest BCUT2D eigenvalue weighted by atomic mass is 9.98. The molecule has 20 heavy (non-hydrogen) atoms. The van der Waals surface area contributed by atoms with Gasteiger partial charge >= 0.3 is 0 Å². The van der Waals surface area contributed by atoms with E-state index in [4.69, 9.17) is 22.1 Å². The third-order valence-corrected chi connectivity index (χ3v) is 3.47. The largest absolute Gasteiger partial charge is 0.384 e. The number of methoxy groups -OCH3 is 1. The van der Waals surface area contributed by atoms with E-state index in [1.54, 1.807) is 19.2 Å². The molecule has 0 aliphatic rings. The van der Waals surface area contributed by atoms with Gasteiger partial charge in [-0.2, -0.15) is 0 Å². The van der Waals surface area contributed by atoms with E-state index in [0.717, 1.165) is 12.0 Å². The maximum atomic E-state index is 13.9. The summed E-state index contributed by atoms with van der Waals surface area (Å²) in [7, 11) is 1.67. The fraction of sp³-hybridized carbons (Fsp3) is 0.250. The van der Waals surface area contributed by atoms with Gasteiger partial charge in [-0.3, -0.25) is 0 Å². The van der Waals surface area contributed by atoms with E-state index in [2.05, 4.69) is 0 Å². The van der Waals surface area contributed by atoms with E-state index in [9.17, 15) is 4.39 Å². The molecule has 0 aromatic heterocycles. The van der Waals surface area contributed by atoms with Crippen molar-refractivity contribution in [2.75, 3.05) is 13.7 Å². The summed E-state index contributed by atoms with van der Waals surface area (Å²) < 4.78 is 18.9. The molecule has 0 saturated heterocycles. The van der Waals surface area contributed by atoms with Crippen LogP contribution in [-0.2, 0) is 11.2 Å². The highest BCUT2D eigenvalue weighted by molar-refractivity contribution is 6.30. The third-order valence-electron chi connectivity index (χ3n) is 3.23. The van der Waals surface area contributed by atoms with Crippen LogP contribution in [-0.4, -0.2) is 13.7 Å². The Kier molecular flexibility index (Phi) is 5.12. The number of ether oxygens (including phenoxy) is 1. The van der Waals surface area contributed by atoms with Crippen molar-refractivity contribution < 1.29 is 9.13 Å². The zero-order valence-electron chi connectivity index (χ0n) is 11.3. The molecule has 1 atom stereocenters. The maximum absolute atomic E-state index is 13.9. The van der Waals surface area contributed by atoms with E-state index in [1.807, 2.05) is 24.3 Å². The Labute approximate surface area is 123 Å². The van der Waals surface area contributed by atoms with Gasteiger partial charge in [-0.25, -0.2) is 4.39 Å². The molecule has 0 fully saturated rings. The van der Waals surface area contributed by atoms with Gasteiger partial charge in [-0.15, -0.1) is 0 Å². The highest BCUT2D eigenvalue weighted by Gasteiger charge is 2.13. The molecule has 0 spiro atoms.